The van der Waals surface area contributed by atoms with Crippen LogP contribution in [0.25, 0.3) is 0 Å². The number of carbonyl (C=O) groups excluding carboxylic acids is 1. The Labute approximate surface area is 103 Å². The van der Waals surface area contributed by atoms with Crippen molar-refractivity contribution in [1.82, 2.24) is 4.98 Å². The summed E-state index contributed by atoms with van der Waals surface area (Å²) in [6.45, 7) is 2.72. The predicted molar refractivity (Wildman–Crippen MR) is 69.1 cm³/mol. The van der Waals surface area contributed by atoms with E-state index in [1.54, 1.807) is 23.5 Å². The molecule has 0 radical (unpaired) electrons. The first-order valence-electron chi connectivity index (χ1n) is 5.20. The van der Waals surface area contributed by atoms with Crippen LogP contribution in [0.4, 0.5) is 5.69 Å². The van der Waals surface area contributed by atoms with Crippen molar-refractivity contribution < 1.29 is 4.79 Å². The molecule has 0 atom stereocenters. The van der Waals surface area contributed by atoms with Gasteiger partial charge < -0.3 is 11.1 Å². The largest absolute Gasteiger partial charge is 0.380 e. The molecule has 88 valence electrons. The molecule has 2 aromatic rings. The fourth-order valence-electron chi connectivity index (χ4n) is 1.43. The monoisotopic (exact) mass is 247 g/mol. The molecule has 5 heteroatoms. The molecular weight excluding hydrogens is 234 g/mol. The number of hydrogen-bond acceptors (Lipinski definition) is 4. The predicted octanol–water partition coefficient (Wildman–Crippen LogP) is 2.16. The Morgan fingerprint density at radius 2 is 2.12 bits per heavy atom. The van der Waals surface area contributed by atoms with Crippen molar-refractivity contribution in [3.63, 3.8) is 0 Å². The number of benzene rings is 1. The highest BCUT2D eigenvalue weighted by molar-refractivity contribution is 7.11. The molecule has 1 heterocycles. The van der Waals surface area contributed by atoms with Crippen molar-refractivity contribution in [3.05, 3.63) is 45.9 Å². The van der Waals surface area contributed by atoms with Gasteiger partial charge >= 0.3 is 0 Å². The van der Waals surface area contributed by atoms with Crippen molar-refractivity contribution in [2.24, 2.45) is 5.73 Å². The smallest absolute Gasteiger partial charge is 0.248 e. The SMILES string of the molecule is Cc1ncc(CNc2ccc(C(N)=O)cc2)s1. The number of nitrogens with zero attached hydrogens (tertiary/aromatic N) is 1. The molecular formula is C12H13N3OS. The second-order valence-corrected chi connectivity index (χ2v) is 4.96. The van der Waals surface area contributed by atoms with Crippen molar-refractivity contribution in [2.45, 2.75) is 13.5 Å². The summed E-state index contributed by atoms with van der Waals surface area (Å²) in [6.07, 6.45) is 1.87. The lowest BCUT2D eigenvalue weighted by atomic mass is 10.2. The minimum Gasteiger partial charge on any atom is -0.380 e. The lowest BCUT2D eigenvalue weighted by Crippen LogP contribution is -2.10. The second-order valence-electron chi connectivity index (χ2n) is 3.64. The number of carbonyl (C=O) groups is 1. The standard InChI is InChI=1S/C12H13N3OS/c1-8-14-6-11(17-8)7-15-10-4-2-9(3-5-10)12(13)16/h2-6,15H,7H2,1H3,(H2,13,16). The van der Waals surface area contributed by atoms with Crippen LogP contribution < -0.4 is 11.1 Å². The van der Waals surface area contributed by atoms with Crippen molar-refractivity contribution in [3.8, 4) is 0 Å². The molecule has 0 spiro atoms. The van der Waals surface area contributed by atoms with Gasteiger partial charge in [0.2, 0.25) is 5.91 Å². The zero-order valence-electron chi connectivity index (χ0n) is 9.43. The summed E-state index contributed by atoms with van der Waals surface area (Å²) >= 11 is 1.67. The van der Waals surface area contributed by atoms with Crippen LogP contribution in [0.5, 0.6) is 0 Å². The molecule has 1 aromatic carbocycles. The molecule has 2 rings (SSSR count). The van der Waals surface area contributed by atoms with Gasteiger partial charge in [-0.25, -0.2) is 4.98 Å². The minimum absolute atomic E-state index is 0.408. The van der Waals surface area contributed by atoms with Crippen molar-refractivity contribution in [2.75, 3.05) is 5.32 Å². The number of thiazole rings is 1. The normalized spacial score (nSPS) is 10.2. The van der Waals surface area contributed by atoms with Gasteiger partial charge in [0.25, 0.3) is 0 Å². The molecule has 17 heavy (non-hydrogen) atoms. The maximum absolute atomic E-state index is 10.9. The van der Waals surface area contributed by atoms with E-state index in [1.165, 1.54) is 4.88 Å². The first-order valence-corrected chi connectivity index (χ1v) is 6.02. The third-order valence-electron chi connectivity index (χ3n) is 2.31. The Bertz CT molecular complexity index is 519. The van der Waals surface area contributed by atoms with E-state index in [4.69, 9.17) is 5.73 Å². The fraction of sp³-hybridized carbons (Fsp3) is 0.167. The topological polar surface area (TPSA) is 68.0 Å². The molecule has 0 aliphatic carbocycles. The zero-order valence-corrected chi connectivity index (χ0v) is 10.3. The van der Waals surface area contributed by atoms with Gasteiger partial charge in [0.15, 0.2) is 0 Å². The van der Waals surface area contributed by atoms with Crippen LogP contribution in [0, 0.1) is 6.92 Å². The maximum atomic E-state index is 10.9. The number of primary amides is 1. The Balaban J connectivity index is 1.97. The lowest BCUT2D eigenvalue weighted by molar-refractivity contribution is 0.100. The molecule has 0 aliphatic rings. The molecule has 0 saturated carbocycles. The minimum atomic E-state index is -0.408. The number of nitrogens with one attached hydrogen (secondary N) is 1. The molecule has 0 saturated heterocycles. The lowest BCUT2D eigenvalue weighted by Gasteiger charge is -2.04. The number of anilines is 1. The van der Waals surface area contributed by atoms with E-state index in [9.17, 15) is 4.79 Å². The highest BCUT2D eigenvalue weighted by Crippen LogP contribution is 2.15. The van der Waals surface area contributed by atoms with E-state index in [1.807, 2.05) is 25.3 Å². The first kappa shape index (κ1) is 11.6. The van der Waals surface area contributed by atoms with Crippen LogP contribution in [0.1, 0.15) is 20.2 Å². The van der Waals surface area contributed by atoms with Gasteiger partial charge in [0.05, 0.1) is 11.6 Å². The van der Waals surface area contributed by atoms with E-state index in [-0.39, 0.29) is 0 Å². The molecule has 3 N–H and O–H groups in total. The number of aromatic nitrogens is 1. The summed E-state index contributed by atoms with van der Waals surface area (Å²) in [5, 5.41) is 4.32. The molecule has 1 amide bonds. The van der Waals surface area contributed by atoms with E-state index in [2.05, 4.69) is 10.3 Å². The first-order chi connectivity index (χ1) is 8.15. The summed E-state index contributed by atoms with van der Waals surface area (Å²) in [5.74, 6) is -0.408. The van der Waals surface area contributed by atoms with Gasteiger partial charge in [0.1, 0.15) is 0 Å². The van der Waals surface area contributed by atoms with Crippen LogP contribution in [-0.2, 0) is 6.54 Å². The van der Waals surface area contributed by atoms with Gasteiger partial charge in [-0.2, -0.15) is 0 Å². The van der Waals surface area contributed by atoms with Crippen molar-refractivity contribution in [1.29, 1.82) is 0 Å². The van der Waals surface area contributed by atoms with Crippen LogP contribution in [-0.4, -0.2) is 10.9 Å². The summed E-state index contributed by atoms with van der Waals surface area (Å²) < 4.78 is 0. The number of amides is 1. The molecule has 4 nitrogen and oxygen atoms in total. The van der Waals surface area contributed by atoms with Gasteiger partial charge in [-0.05, 0) is 31.2 Å². The molecule has 0 unspecified atom stereocenters. The number of nitrogens with two attached hydrogens (primary N) is 1. The average molecular weight is 247 g/mol. The summed E-state index contributed by atoms with van der Waals surface area (Å²) in [7, 11) is 0. The van der Waals surface area contributed by atoms with Crippen LogP contribution in [0.2, 0.25) is 0 Å². The van der Waals surface area contributed by atoms with Gasteiger partial charge in [-0.3, -0.25) is 4.79 Å². The zero-order chi connectivity index (χ0) is 12.3. The summed E-state index contributed by atoms with van der Waals surface area (Å²) in [6, 6.07) is 7.10. The highest BCUT2D eigenvalue weighted by Gasteiger charge is 2.01. The highest BCUT2D eigenvalue weighted by atomic mass is 32.1. The maximum Gasteiger partial charge on any atom is 0.248 e. The molecule has 0 aliphatic heterocycles. The number of hydrogen-bond donors (Lipinski definition) is 2. The fourth-order valence-corrected chi connectivity index (χ4v) is 2.16. The van der Waals surface area contributed by atoms with Gasteiger partial charge in [0, 0.05) is 22.3 Å². The Kier molecular flexibility index (Phi) is 3.39. The van der Waals surface area contributed by atoms with Gasteiger partial charge in [-0.1, -0.05) is 0 Å². The third-order valence-corrected chi connectivity index (χ3v) is 3.22. The Morgan fingerprint density at radius 1 is 1.41 bits per heavy atom. The van der Waals surface area contributed by atoms with E-state index >= 15 is 0 Å². The van der Waals surface area contributed by atoms with Gasteiger partial charge in [-0.15, -0.1) is 11.3 Å². The Morgan fingerprint density at radius 3 is 2.65 bits per heavy atom. The number of aryl methyl sites for hydroxylation is 1. The average Bonchev–Trinajstić information content (AvgIpc) is 2.73. The summed E-state index contributed by atoms with van der Waals surface area (Å²) in [4.78, 5) is 16.3. The van der Waals surface area contributed by atoms with Crippen LogP contribution >= 0.6 is 11.3 Å². The quantitative estimate of drug-likeness (QED) is 0.870. The second kappa shape index (κ2) is 4.97. The third kappa shape index (κ3) is 3.04. The van der Waals surface area contributed by atoms with Crippen LogP contribution in [0.3, 0.4) is 0 Å². The molecule has 1 aromatic heterocycles. The van der Waals surface area contributed by atoms with E-state index < -0.39 is 5.91 Å². The van der Waals surface area contributed by atoms with E-state index in [0.29, 0.717) is 5.56 Å². The van der Waals surface area contributed by atoms with Crippen LogP contribution in [0.15, 0.2) is 30.5 Å². The van der Waals surface area contributed by atoms with Crippen molar-refractivity contribution >= 4 is 22.9 Å². The van der Waals surface area contributed by atoms with E-state index in [0.717, 1.165) is 17.2 Å². The molecule has 0 fully saturated rings. The Hall–Kier alpha value is -1.88. The number of rotatable bonds is 4. The summed E-state index contributed by atoms with van der Waals surface area (Å²) in [5.41, 5.74) is 6.64. The molecule has 0 bridgehead atoms.